The molecule has 0 saturated heterocycles. The van der Waals surface area contributed by atoms with Gasteiger partial charge in [-0.25, -0.2) is 0 Å². The van der Waals surface area contributed by atoms with Gasteiger partial charge in [-0.05, 0) is 51.7 Å². The molecule has 0 bridgehead atoms. The quantitative estimate of drug-likeness (QED) is 0.380. The number of nitrogens with zero attached hydrogens (tertiary/aromatic N) is 2. The average Bonchev–Trinajstić information content (AvgIpc) is 3.07. The predicted octanol–water partition coefficient (Wildman–Crippen LogP) is 5.65. The van der Waals surface area contributed by atoms with Crippen molar-refractivity contribution >= 4 is 6.72 Å². The van der Waals surface area contributed by atoms with Crippen LogP contribution in [-0.4, -0.2) is 11.7 Å². The number of fused-ring (bicyclic) bond motifs is 3. The molecule has 0 spiro atoms. The van der Waals surface area contributed by atoms with Crippen LogP contribution in [0, 0.1) is 0 Å². The van der Waals surface area contributed by atoms with Gasteiger partial charge in [0.1, 0.15) is 0 Å². The minimum Gasteiger partial charge on any atom is -0.296 e. The van der Waals surface area contributed by atoms with Crippen LogP contribution in [0.4, 0.5) is 0 Å². The van der Waals surface area contributed by atoms with Crippen molar-refractivity contribution in [2.75, 3.05) is 0 Å². The Balaban J connectivity index is 1.97. The lowest BCUT2D eigenvalue weighted by atomic mass is 9.68. The lowest BCUT2D eigenvalue weighted by Crippen LogP contribution is -2.28. The molecule has 4 aromatic rings. The van der Waals surface area contributed by atoms with E-state index < -0.39 is 5.41 Å². The molecule has 1 aliphatic carbocycles. The van der Waals surface area contributed by atoms with Crippen LogP contribution in [0.25, 0.3) is 11.1 Å². The van der Waals surface area contributed by atoms with Crippen LogP contribution in [-0.2, 0) is 12.0 Å². The van der Waals surface area contributed by atoms with Gasteiger partial charge in [-0.1, -0.05) is 78.9 Å². The fraction of sp³-hybridized carbons (Fsp3) is 0.0769. The summed E-state index contributed by atoms with van der Waals surface area (Å²) in [4.78, 5) is 8.66. The third-order valence-electron chi connectivity index (χ3n) is 5.74. The standard InChI is InChI=1S/C26H20N2/c1-27-17-19-9-7-15-24-25(19)22-13-5-6-14-23(22)26(24,20-10-3-2-4-11-20)21-12-8-16-28-18-21/h2-16,18H,1,17H2. The maximum Gasteiger partial charge on any atom is 0.0728 e. The van der Waals surface area contributed by atoms with Gasteiger partial charge in [-0.2, -0.15) is 0 Å². The largest absolute Gasteiger partial charge is 0.296 e. The molecule has 0 aliphatic heterocycles. The first-order chi connectivity index (χ1) is 13.9. The number of rotatable bonds is 4. The van der Waals surface area contributed by atoms with Crippen LogP contribution >= 0.6 is 0 Å². The maximum atomic E-state index is 4.48. The summed E-state index contributed by atoms with van der Waals surface area (Å²) in [6, 6.07) is 30.2. The van der Waals surface area contributed by atoms with Gasteiger partial charge in [-0.3, -0.25) is 9.98 Å². The van der Waals surface area contributed by atoms with Crippen LogP contribution in [0.3, 0.4) is 0 Å². The first-order valence-corrected chi connectivity index (χ1v) is 9.48. The van der Waals surface area contributed by atoms with Crippen molar-refractivity contribution < 1.29 is 0 Å². The minimum atomic E-state index is -0.390. The molecule has 134 valence electrons. The second kappa shape index (κ2) is 6.58. The number of aromatic nitrogens is 1. The molecule has 0 fully saturated rings. The Morgan fingerprint density at radius 3 is 2.29 bits per heavy atom. The summed E-state index contributed by atoms with van der Waals surface area (Å²) in [5.74, 6) is 0. The highest BCUT2D eigenvalue weighted by Crippen LogP contribution is 2.56. The summed E-state index contributed by atoms with van der Waals surface area (Å²) in [6.07, 6.45) is 3.83. The fourth-order valence-electron chi connectivity index (χ4n) is 4.72. The van der Waals surface area contributed by atoms with Crippen molar-refractivity contribution in [3.05, 3.63) is 125 Å². The van der Waals surface area contributed by atoms with Crippen molar-refractivity contribution in [2.24, 2.45) is 4.99 Å². The Kier molecular flexibility index (Phi) is 3.91. The molecule has 2 nitrogen and oxygen atoms in total. The monoisotopic (exact) mass is 360 g/mol. The Labute approximate surface area is 165 Å². The SMILES string of the molecule is C=NCc1cccc2c1-c1ccccc1C2(c1ccccc1)c1cccnc1. The smallest absolute Gasteiger partial charge is 0.0728 e. The summed E-state index contributed by atoms with van der Waals surface area (Å²) in [7, 11) is 0. The third kappa shape index (κ3) is 2.21. The summed E-state index contributed by atoms with van der Waals surface area (Å²) < 4.78 is 0. The summed E-state index contributed by atoms with van der Waals surface area (Å²) in [6.45, 7) is 4.34. The van der Waals surface area contributed by atoms with Gasteiger partial charge in [0, 0.05) is 12.4 Å². The van der Waals surface area contributed by atoms with E-state index in [1.54, 1.807) is 0 Å². The predicted molar refractivity (Wildman–Crippen MR) is 115 cm³/mol. The van der Waals surface area contributed by atoms with Crippen molar-refractivity contribution in [1.82, 2.24) is 4.98 Å². The van der Waals surface area contributed by atoms with Crippen LogP contribution in [0.15, 0.2) is 102 Å². The van der Waals surface area contributed by atoms with Crippen LogP contribution < -0.4 is 0 Å². The molecule has 3 aromatic carbocycles. The summed E-state index contributed by atoms with van der Waals surface area (Å²) in [5, 5.41) is 0. The lowest BCUT2D eigenvalue weighted by Gasteiger charge is -2.33. The number of pyridine rings is 1. The third-order valence-corrected chi connectivity index (χ3v) is 5.74. The molecule has 28 heavy (non-hydrogen) atoms. The maximum absolute atomic E-state index is 4.48. The van der Waals surface area contributed by atoms with Crippen molar-refractivity contribution in [2.45, 2.75) is 12.0 Å². The number of benzene rings is 3. The van der Waals surface area contributed by atoms with Crippen molar-refractivity contribution in [3.63, 3.8) is 0 Å². The highest BCUT2D eigenvalue weighted by atomic mass is 14.7. The van der Waals surface area contributed by atoms with Crippen LogP contribution in [0.2, 0.25) is 0 Å². The highest BCUT2D eigenvalue weighted by Gasteiger charge is 2.46. The van der Waals surface area contributed by atoms with E-state index in [9.17, 15) is 0 Å². The summed E-state index contributed by atoms with van der Waals surface area (Å²) >= 11 is 0. The molecule has 1 aliphatic rings. The normalized spacial score (nSPS) is 17.0. The van der Waals surface area contributed by atoms with Gasteiger partial charge < -0.3 is 0 Å². The van der Waals surface area contributed by atoms with E-state index in [-0.39, 0.29) is 0 Å². The molecule has 1 heterocycles. The van der Waals surface area contributed by atoms with Gasteiger partial charge in [0.05, 0.1) is 12.0 Å². The van der Waals surface area contributed by atoms with Gasteiger partial charge >= 0.3 is 0 Å². The van der Waals surface area contributed by atoms with Crippen molar-refractivity contribution in [3.8, 4) is 11.1 Å². The van der Waals surface area contributed by atoms with E-state index in [1.165, 1.54) is 38.9 Å². The molecule has 0 N–H and O–H groups in total. The molecule has 5 rings (SSSR count). The first-order valence-electron chi connectivity index (χ1n) is 9.48. The topological polar surface area (TPSA) is 25.2 Å². The number of hydrogen-bond acceptors (Lipinski definition) is 2. The zero-order valence-corrected chi connectivity index (χ0v) is 15.5. The molecular weight excluding hydrogens is 340 g/mol. The van der Waals surface area contributed by atoms with Gasteiger partial charge in [0.2, 0.25) is 0 Å². The second-order valence-corrected chi connectivity index (χ2v) is 7.12. The van der Waals surface area contributed by atoms with Crippen LogP contribution in [0.5, 0.6) is 0 Å². The Bertz CT molecular complexity index is 1110. The number of aliphatic imine (C=N–C) groups is 1. The average molecular weight is 360 g/mol. The molecule has 0 radical (unpaired) electrons. The molecular formula is C26H20N2. The Morgan fingerprint density at radius 1 is 0.750 bits per heavy atom. The molecule has 0 amide bonds. The van der Waals surface area contributed by atoms with Crippen LogP contribution in [0.1, 0.15) is 27.8 Å². The molecule has 0 saturated carbocycles. The molecule has 2 heteroatoms. The minimum absolute atomic E-state index is 0.390. The van der Waals surface area contributed by atoms with Crippen molar-refractivity contribution in [1.29, 1.82) is 0 Å². The van der Waals surface area contributed by atoms with E-state index >= 15 is 0 Å². The zero-order valence-electron chi connectivity index (χ0n) is 15.5. The Morgan fingerprint density at radius 2 is 1.50 bits per heavy atom. The van der Waals surface area contributed by atoms with Gasteiger partial charge in [0.15, 0.2) is 0 Å². The number of hydrogen-bond donors (Lipinski definition) is 0. The molecule has 1 unspecified atom stereocenters. The fourth-order valence-corrected chi connectivity index (χ4v) is 4.72. The van der Waals surface area contributed by atoms with E-state index in [0.717, 1.165) is 0 Å². The lowest BCUT2D eigenvalue weighted by molar-refractivity contribution is 0.762. The first kappa shape index (κ1) is 16.6. The zero-order chi connectivity index (χ0) is 19.0. The van der Waals surface area contributed by atoms with E-state index in [2.05, 4.69) is 95.6 Å². The molecule has 1 aromatic heterocycles. The van der Waals surface area contributed by atoms with E-state index in [1.807, 2.05) is 18.5 Å². The van der Waals surface area contributed by atoms with E-state index in [4.69, 9.17) is 0 Å². The van der Waals surface area contributed by atoms with Gasteiger partial charge in [0.25, 0.3) is 0 Å². The summed E-state index contributed by atoms with van der Waals surface area (Å²) in [5.41, 5.74) is 8.37. The Hall–Kier alpha value is -3.52. The second-order valence-electron chi connectivity index (χ2n) is 7.12. The van der Waals surface area contributed by atoms with E-state index in [0.29, 0.717) is 6.54 Å². The molecule has 1 atom stereocenters. The van der Waals surface area contributed by atoms with Gasteiger partial charge in [-0.15, -0.1) is 0 Å². The highest BCUT2D eigenvalue weighted by molar-refractivity contribution is 5.88.